The minimum atomic E-state index is -0.918. The number of carbonyl (C=O) groups excluding carboxylic acids is 1. The number of methoxy groups -OCH3 is 1. The van der Waals surface area contributed by atoms with E-state index in [4.69, 9.17) is 0 Å². The summed E-state index contributed by atoms with van der Waals surface area (Å²) in [6.07, 6.45) is 2.65. The Balaban J connectivity index is 3.03. The summed E-state index contributed by atoms with van der Waals surface area (Å²) in [5.41, 5.74) is -0.139. The molecule has 106 valence electrons. The molecule has 0 radical (unpaired) electrons. The van der Waals surface area contributed by atoms with E-state index >= 15 is 0 Å². The Labute approximate surface area is 112 Å². The molecule has 0 bridgehead atoms. The van der Waals surface area contributed by atoms with Gasteiger partial charge in [-0.2, -0.15) is 0 Å². The molecule has 0 saturated carbocycles. The van der Waals surface area contributed by atoms with Crippen molar-refractivity contribution in [2.75, 3.05) is 12.4 Å². The third kappa shape index (κ3) is 3.91. The van der Waals surface area contributed by atoms with Gasteiger partial charge in [0.25, 0.3) is 0 Å². The quantitative estimate of drug-likeness (QED) is 0.801. The van der Waals surface area contributed by atoms with Crippen molar-refractivity contribution in [1.29, 1.82) is 0 Å². The maximum Gasteiger partial charge on any atom is 0.340 e. The van der Waals surface area contributed by atoms with Gasteiger partial charge in [0, 0.05) is 12.1 Å². The minimum Gasteiger partial charge on any atom is -0.465 e. The molecule has 1 unspecified atom stereocenters. The molecule has 1 rings (SSSR count). The monoisotopic (exact) mass is 271 g/mol. The largest absolute Gasteiger partial charge is 0.465 e. The SMILES string of the molecule is CCCC(CC)Nc1cc(C(=O)OC)c(F)cc1F. The molecule has 3 nitrogen and oxygen atoms in total. The van der Waals surface area contributed by atoms with Crippen molar-refractivity contribution in [2.45, 2.75) is 39.2 Å². The number of ether oxygens (including phenoxy) is 1. The second kappa shape index (κ2) is 7.07. The molecule has 0 aromatic heterocycles. The van der Waals surface area contributed by atoms with Crippen molar-refractivity contribution in [3.8, 4) is 0 Å². The van der Waals surface area contributed by atoms with Crippen LogP contribution in [-0.4, -0.2) is 19.1 Å². The molecular formula is C14H19F2NO2. The Kier molecular flexibility index (Phi) is 5.73. The number of esters is 1. The van der Waals surface area contributed by atoms with Crippen LogP contribution in [0.1, 0.15) is 43.5 Å². The van der Waals surface area contributed by atoms with Crippen LogP contribution in [0.15, 0.2) is 12.1 Å². The third-order valence-corrected chi connectivity index (χ3v) is 2.95. The molecule has 1 N–H and O–H groups in total. The van der Waals surface area contributed by atoms with Crippen LogP contribution in [0.4, 0.5) is 14.5 Å². The Bertz CT molecular complexity index is 449. The van der Waals surface area contributed by atoms with Crippen LogP contribution in [0.2, 0.25) is 0 Å². The summed E-state index contributed by atoms with van der Waals surface area (Å²) in [7, 11) is 1.16. The molecule has 0 aliphatic heterocycles. The number of benzene rings is 1. The maximum absolute atomic E-state index is 13.7. The number of halogens is 2. The van der Waals surface area contributed by atoms with Gasteiger partial charge in [-0.05, 0) is 18.9 Å². The zero-order valence-corrected chi connectivity index (χ0v) is 11.4. The van der Waals surface area contributed by atoms with Gasteiger partial charge in [0.05, 0.1) is 18.4 Å². The minimum absolute atomic E-state index is 0.0930. The summed E-state index contributed by atoms with van der Waals surface area (Å²) >= 11 is 0. The molecule has 1 aromatic carbocycles. The van der Waals surface area contributed by atoms with Crippen LogP contribution in [0.5, 0.6) is 0 Å². The van der Waals surface area contributed by atoms with E-state index in [1.165, 1.54) is 0 Å². The van der Waals surface area contributed by atoms with Gasteiger partial charge >= 0.3 is 5.97 Å². The summed E-state index contributed by atoms with van der Waals surface area (Å²) in [5.74, 6) is -2.44. The van der Waals surface area contributed by atoms with Gasteiger partial charge in [0.2, 0.25) is 0 Å². The number of rotatable bonds is 6. The summed E-state index contributed by atoms with van der Waals surface area (Å²) in [6.45, 7) is 4.02. The smallest absolute Gasteiger partial charge is 0.340 e. The standard InChI is InChI=1S/C14H19F2NO2/c1-4-6-9(5-2)17-13-7-10(14(18)19-3)11(15)8-12(13)16/h7-9,17H,4-6H2,1-3H3. The van der Waals surface area contributed by atoms with Gasteiger partial charge in [-0.25, -0.2) is 13.6 Å². The zero-order valence-electron chi connectivity index (χ0n) is 11.4. The van der Waals surface area contributed by atoms with Crippen LogP contribution in [0.3, 0.4) is 0 Å². The topological polar surface area (TPSA) is 38.3 Å². The van der Waals surface area contributed by atoms with Crippen molar-refractivity contribution in [3.63, 3.8) is 0 Å². The lowest BCUT2D eigenvalue weighted by atomic mass is 10.1. The molecule has 19 heavy (non-hydrogen) atoms. The number of anilines is 1. The molecule has 0 aliphatic rings. The number of carbonyl (C=O) groups is 1. The molecule has 0 saturated heterocycles. The Morgan fingerprint density at radius 3 is 2.53 bits per heavy atom. The van der Waals surface area contributed by atoms with Gasteiger partial charge in [0.1, 0.15) is 11.6 Å². The van der Waals surface area contributed by atoms with E-state index in [1.54, 1.807) is 0 Å². The molecule has 1 atom stereocenters. The van der Waals surface area contributed by atoms with Gasteiger partial charge in [0.15, 0.2) is 0 Å². The van der Waals surface area contributed by atoms with Gasteiger partial charge < -0.3 is 10.1 Å². The highest BCUT2D eigenvalue weighted by atomic mass is 19.1. The molecule has 0 spiro atoms. The number of hydrogen-bond acceptors (Lipinski definition) is 3. The lowest BCUT2D eigenvalue weighted by Gasteiger charge is -2.18. The summed E-state index contributed by atoms with van der Waals surface area (Å²) < 4.78 is 31.6. The lowest BCUT2D eigenvalue weighted by Crippen LogP contribution is -2.19. The van der Waals surface area contributed by atoms with E-state index in [2.05, 4.69) is 10.1 Å². The predicted octanol–water partition coefficient (Wildman–Crippen LogP) is 3.74. The molecule has 0 amide bonds. The zero-order chi connectivity index (χ0) is 14.4. The second-order valence-corrected chi connectivity index (χ2v) is 4.34. The molecule has 0 fully saturated rings. The Morgan fingerprint density at radius 2 is 2.00 bits per heavy atom. The lowest BCUT2D eigenvalue weighted by molar-refractivity contribution is 0.0595. The maximum atomic E-state index is 13.7. The average molecular weight is 271 g/mol. The second-order valence-electron chi connectivity index (χ2n) is 4.34. The van der Waals surface area contributed by atoms with Gasteiger partial charge in [-0.1, -0.05) is 20.3 Å². The fourth-order valence-electron chi connectivity index (χ4n) is 1.87. The van der Waals surface area contributed by atoms with E-state index in [0.717, 1.165) is 32.4 Å². The fraction of sp³-hybridized carbons (Fsp3) is 0.500. The molecule has 5 heteroatoms. The van der Waals surface area contributed by atoms with Crippen molar-refractivity contribution < 1.29 is 18.3 Å². The van der Waals surface area contributed by atoms with Gasteiger partial charge in [-0.3, -0.25) is 0 Å². The normalized spacial score (nSPS) is 12.1. The van der Waals surface area contributed by atoms with Crippen molar-refractivity contribution in [3.05, 3.63) is 29.3 Å². The van der Waals surface area contributed by atoms with E-state index in [1.807, 2.05) is 13.8 Å². The fourth-order valence-corrected chi connectivity index (χ4v) is 1.87. The number of hydrogen-bond donors (Lipinski definition) is 1. The highest BCUT2D eigenvalue weighted by molar-refractivity contribution is 5.90. The average Bonchev–Trinajstić information content (AvgIpc) is 2.40. The first-order valence-corrected chi connectivity index (χ1v) is 6.37. The summed E-state index contributed by atoms with van der Waals surface area (Å²) in [6, 6.07) is 1.96. The Morgan fingerprint density at radius 1 is 1.32 bits per heavy atom. The van der Waals surface area contributed by atoms with Crippen LogP contribution >= 0.6 is 0 Å². The van der Waals surface area contributed by atoms with Crippen LogP contribution in [0, 0.1) is 11.6 Å². The molecule has 1 aromatic rings. The van der Waals surface area contributed by atoms with Crippen LogP contribution < -0.4 is 5.32 Å². The molecule has 0 heterocycles. The van der Waals surface area contributed by atoms with Gasteiger partial charge in [-0.15, -0.1) is 0 Å². The van der Waals surface area contributed by atoms with Crippen molar-refractivity contribution in [2.24, 2.45) is 0 Å². The summed E-state index contributed by atoms with van der Waals surface area (Å²) in [5, 5.41) is 3.00. The van der Waals surface area contributed by atoms with E-state index < -0.39 is 17.6 Å². The van der Waals surface area contributed by atoms with E-state index in [0.29, 0.717) is 6.07 Å². The first kappa shape index (κ1) is 15.4. The Hall–Kier alpha value is -1.65. The highest BCUT2D eigenvalue weighted by Gasteiger charge is 2.17. The van der Waals surface area contributed by atoms with E-state index in [-0.39, 0.29) is 17.3 Å². The highest BCUT2D eigenvalue weighted by Crippen LogP contribution is 2.22. The van der Waals surface area contributed by atoms with Crippen LogP contribution in [0.25, 0.3) is 0 Å². The van der Waals surface area contributed by atoms with Crippen molar-refractivity contribution in [1.82, 2.24) is 0 Å². The first-order chi connectivity index (χ1) is 9.03. The first-order valence-electron chi connectivity index (χ1n) is 6.37. The third-order valence-electron chi connectivity index (χ3n) is 2.95. The number of nitrogens with one attached hydrogen (secondary N) is 1. The molecular weight excluding hydrogens is 252 g/mol. The van der Waals surface area contributed by atoms with Crippen LogP contribution in [-0.2, 0) is 4.74 Å². The molecule has 0 aliphatic carbocycles. The van der Waals surface area contributed by atoms with Crippen molar-refractivity contribution >= 4 is 11.7 Å². The predicted molar refractivity (Wildman–Crippen MR) is 70.3 cm³/mol. The van der Waals surface area contributed by atoms with E-state index in [9.17, 15) is 13.6 Å². The summed E-state index contributed by atoms with van der Waals surface area (Å²) in [4.78, 5) is 11.4.